The second-order valence-corrected chi connectivity index (χ2v) is 13.1. The Hall–Kier alpha value is -5.86. The van der Waals surface area contributed by atoms with Crippen LogP contribution in [-0.2, 0) is 5.41 Å². The van der Waals surface area contributed by atoms with Gasteiger partial charge in [0.05, 0.1) is 18.8 Å². The Morgan fingerprint density at radius 1 is 0.854 bits per heavy atom. The van der Waals surface area contributed by atoms with Gasteiger partial charge in [-0.15, -0.1) is 0 Å². The number of carbonyl (C=O) groups excluding carboxylic acids is 1. The Bertz CT molecular complexity index is 2180. The van der Waals surface area contributed by atoms with Crippen molar-refractivity contribution >= 4 is 51.8 Å². The molecule has 6 aromatic rings. The van der Waals surface area contributed by atoms with Gasteiger partial charge in [0.1, 0.15) is 22.8 Å². The third kappa shape index (κ3) is 5.78. The number of nitrogens with one attached hydrogen (secondary N) is 1. The average molecular weight is 638 g/mol. The number of ether oxygens (including phenoxy) is 2. The van der Waals surface area contributed by atoms with Gasteiger partial charge in [0.25, 0.3) is 5.91 Å². The van der Waals surface area contributed by atoms with Crippen molar-refractivity contribution in [1.82, 2.24) is 14.3 Å². The third-order valence-corrected chi connectivity index (χ3v) is 8.86. The number of rotatable bonds is 7. The molecule has 8 nitrogen and oxygen atoms in total. The summed E-state index contributed by atoms with van der Waals surface area (Å²) >= 11 is 0. The number of aromatic nitrogens is 2. The average Bonchev–Trinajstić information content (AvgIpc) is 3.73. The summed E-state index contributed by atoms with van der Waals surface area (Å²) in [6.07, 6.45) is 5.80. The molecule has 2 N–H and O–H groups in total. The number of carbonyl (C=O) groups is 1. The summed E-state index contributed by atoms with van der Waals surface area (Å²) in [6.45, 7) is 6.31. The van der Waals surface area contributed by atoms with E-state index in [1.54, 1.807) is 6.07 Å². The highest BCUT2D eigenvalue weighted by molar-refractivity contribution is 6.05. The van der Waals surface area contributed by atoms with Gasteiger partial charge in [-0.3, -0.25) is 4.79 Å². The molecule has 240 valence electrons. The van der Waals surface area contributed by atoms with Crippen LogP contribution in [0.15, 0.2) is 115 Å². The maximum Gasteiger partial charge on any atom is 0.255 e. The second kappa shape index (κ2) is 12.1. The molecule has 0 bridgehead atoms. The summed E-state index contributed by atoms with van der Waals surface area (Å²) < 4.78 is 13.2. The van der Waals surface area contributed by atoms with Crippen molar-refractivity contribution in [2.75, 3.05) is 19.2 Å². The van der Waals surface area contributed by atoms with Gasteiger partial charge in [-0.2, -0.15) is 5.10 Å². The largest absolute Gasteiger partial charge is 0.508 e. The molecule has 1 aromatic heterocycles. The lowest BCUT2D eigenvalue weighted by atomic mass is 9.86. The van der Waals surface area contributed by atoms with Crippen LogP contribution in [0, 0.1) is 0 Å². The smallest absolute Gasteiger partial charge is 0.255 e. The minimum Gasteiger partial charge on any atom is -0.508 e. The van der Waals surface area contributed by atoms with Crippen LogP contribution in [0.3, 0.4) is 0 Å². The highest BCUT2D eigenvalue weighted by atomic mass is 16.7. The summed E-state index contributed by atoms with van der Waals surface area (Å²) in [5.74, 6) is 1.29. The molecule has 8 heteroatoms. The van der Waals surface area contributed by atoms with Crippen molar-refractivity contribution in [1.29, 1.82) is 0 Å². The van der Waals surface area contributed by atoms with Gasteiger partial charge in [0.15, 0.2) is 11.5 Å². The van der Waals surface area contributed by atoms with E-state index in [9.17, 15) is 9.90 Å². The molecule has 5 aromatic carbocycles. The molecule has 48 heavy (non-hydrogen) atoms. The Balaban J connectivity index is 1.23. The minimum absolute atomic E-state index is 0.109. The number of nitrogens with zero attached hydrogens (tertiary/aromatic N) is 3. The van der Waals surface area contributed by atoms with Crippen molar-refractivity contribution in [3.8, 4) is 17.2 Å². The summed E-state index contributed by atoms with van der Waals surface area (Å²) in [7, 11) is 2.14. The number of anilines is 1. The predicted molar refractivity (Wildman–Crippen MR) is 192 cm³/mol. The van der Waals surface area contributed by atoms with Crippen molar-refractivity contribution < 1.29 is 19.4 Å². The Morgan fingerprint density at radius 3 is 2.42 bits per heavy atom. The Labute approximate surface area is 279 Å². The first-order valence-corrected chi connectivity index (χ1v) is 15.8. The molecule has 1 unspecified atom stereocenters. The van der Waals surface area contributed by atoms with Gasteiger partial charge in [0, 0.05) is 47.1 Å². The molecular formula is C40H37N4O4+. The Kier molecular flexibility index (Phi) is 7.73. The van der Waals surface area contributed by atoms with Crippen LogP contribution >= 0.6 is 0 Å². The van der Waals surface area contributed by atoms with Crippen LogP contribution in [0.25, 0.3) is 23.2 Å². The zero-order valence-corrected chi connectivity index (χ0v) is 27.3. The van der Waals surface area contributed by atoms with E-state index in [1.165, 1.54) is 6.07 Å². The van der Waals surface area contributed by atoms with Gasteiger partial charge < -0.3 is 19.9 Å². The van der Waals surface area contributed by atoms with Crippen LogP contribution in [0.4, 0.5) is 22.7 Å². The van der Waals surface area contributed by atoms with Gasteiger partial charge in [-0.05, 0) is 71.1 Å². The van der Waals surface area contributed by atoms with Crippen molar-refractivity contribution in [3.63, 3.8) is 0 Å². The van der Waals surface area contributed by atoms with Crippen LogP contribution < -0.4 is 19.3 Å². The molecule has 0 saturated carbocycles. The van der Waals surface area contributed by atoms with Gasteiger partial charge in [-0.25, -0.2) is 9.16 Å². The topological polar surface area (TPSA) is 85.6 Å². The maximum absolute atomic E-state index is 13.3. The molecule has 1 aliphatic rings. The lowest BCUT2D eigenvalue weighted by Crippen LogP contribution is -2.33. The summed E-state index contributed by atoms with van der Waals surface area (Å²) in [4.78, 5) is 13.3. The second-order valence-electron chi connectivity index (χ2n) is 13.1. The van der Waals surface area contributed by atoms with E-state index in [0.717, 1.165) is 50.6 Å². The predicted octanol–water partition coefficient (Wildman–Crippen LogP) is 9.25. The molecular weight excluding hydrogens is 600 g/mol. The third-order valence-electron chi connectivity index (χ3n) is 8.86. The van der Waals surface area contributed by atoms with Crippen molar-refractivity contribution in [3.05, 3.63) is 132 Å². The number of phenolic OH excluding ortho intramolecular Hbond substituents is 1. The number of para-hydroxylation sites is 1. The molecule has 1 atom stereocenters. The number of aromatic hydroxyl groups is 1. The fourth-order valence-corrected chi connectivity index (χ4v) is 6.14. The number of benzene rings is 5. The van der Waals surface area contributed by atoms with Crippen molar-refractivity contribution in [2.45, 2.75) is 26.2 Å². The molecule has 0 radical (unpaired) electrons. The molecule has 1 amide bonds. The first-order valence-electron chi connectivity index (χ1n) is 15.8. The SMILES string of the molecule is CC(C)(C)c1ccc(C(=O)Nc2cccc([N+](C)(c3ccccc3)c3ccc4cnn(C=Cc5ccc6c(c5)OCO6)c4c3)c2)cc1O. The van der Waals surface area contributed by atoms with E-state index in [2.05, 4.69) is 53.9 Å². The highest BCUT2D eigenvalue weighted by Crippen LogP contribution is 2.43. The molecule has 0 spiro atoms. The number of hydrogen-bond acceptors (Lipinski definition) is 5. The zero-order chi connectivity index (χ0) is 33.5. The lowest BCUT2D eigenvalue weighted by molar-refractivity contribution is 0.102. The number of amides is 1. The monoisotopic (exact) mass is 637 g/mol. The molecule has 0 aliphatic carbocycles. The quantitative estimate of drug-likeness (QED) is 0.171. The fraction of sp³-hybridized carbons (Fsp3) is 0.150. The van der Waals surface area contributed by atoms with Gasteiger partial charge >= 0.3 is 0 Å². The summed E-state index contributed by atoms with van der Waals surface area (Å²) in [5, 5.41) is 19.4. The molecule has 0 fully saturated rings. The zero-order valence-electron chi connectivity index (χ0n) is 27.3. The lowest BCUT2D eigenvalue weighted by Gasteiger charge is -2.33. The van der Waals surface area contributed by atoms with Crippen LogP contribution in [0.2, 0.25) is 0 Å². The maximum atomic E-state index is 13.3. The summed E-state index contributed by atoms with van der Waals surface area (Å²) in [5.41, 5.74) is 6.52. The van der Waals surface area contributed by atoms with Crippen molar-refractivity contribution in [2.24, 2.45) is 0 Å². The fourth-order valence-electron chi connectivity index (χ4n) is 6.14. The highest BCUT2D eigenvalue weighted by Gasteiger charge is 2.32. The van der Waals surface area contributed by atoms with Crippen LogP contribution in [0.5, 0.6) is 17.2 Å². The number of fused-ring (bicyclic) bond motifs is 2. The van der Waals surface area contributed by atoms with Crippen LogP contribution in [0.1, 0.15) is 42.3 Å². The first kappa shape index (κ1) is 30.8. The number of quaternary nitrogens is 1. The van der Waals surface area contributed by atoms with Crippen LogP contribution in [-0.4, -0.2) is 34.6 Å². The van der Waals surface area contributed by atoms with E-state index < -0.39 is 0 Å². The van der Waals surface area contributed by atoms with E-state index in [-0.39, 0.29) is 23.9 Å². The molecule has 1 aliphatic heterocycles. The standard InChI is InChI=1S/C40H36N4O4/c1-40(2,3)34-17-15-28(22-36(34)45)39(46)42-30-9-8-12-32(23-30)44(4,31-10-6-5-7-11-31)33-16-14-29-25-41-43(35(29)24-33)20-19-27-13-18-37-38(21-27)48-26-47-37/h5-25H,26H2,1-4H3,(H-,42,45,46)/p+1. The van der Waals surface area contributed by atoms with Gasteiger partial charge in [-0.1, -0.05) is 57.2 Å². The van der Waals surface area contributed by atoms with Gasteiger partial charge in [0.2, 0.25) is 6.79 Å². The normalized spacial score (nSPS) is 13.9. The minimum atomic E-state index is -0.295. The molecule has 0 saturated heterocycles. The summed E-state index contributed by atoms with van der Waals surface area (Å²) in [6, 6.07) is 35.5. The first-order chi connectivity index (χ1) is 23.1. The molecule has 7 rings (SSSR count). The number of hydrogen-bond donors (Lipinski definition) is 2. The van der Waals surface area contributed by atoms with E-state index in [1.807, 2.05) is 105 Å². The van der Waals surface area contributed by atoms with E-state index in [0.29, 0.717) is 15.7 Å². The van der Waals surface area contributed by atoms with E-state index in [4.69, 9.17) is 9.47 Å². The molecule has 2 heterocycles. The van der Waals surface area contributed by atoms with E-state index >= 15 is 0 Å². The number of phenols is 1. The Morgan fingerprint density at radius 2 is 1.62 bits per heavy atom.